The first-order valence-electron chi connectivity index (χ1n) is 6.85. The summed E-state index contributed by atoms with van der Waals surface area (Å²) in [6.07, 6.45) is 0. The number of benzene rings is 2. The highest BCUT2D eigenvalue weighted by molar-refractivity contribution is 9.11. The molecule has 0 amide bonds. The molecule has 0 aliphatic carbocycles. The van der Waals surface area contributed by atoms with Crippen LogP contribution in [-0.4, -0.2) is 6.54 Å². The number of hydrogen-bond donors (Lipinski definition) is 1. The van der Waals surface area contributed by atoms with Crippen molar-refractivity contribution in [1.29, 1.82) is 0 Å². The van der Waals surface area contributed by atoms with Crippen molar-refractivity contribution in [3.05, 3.63) is 67.8 Å². The van der Waals surface area contributed by atoms with Gasteiger partial charge in [0, 0.05) is 10.4 Å². The highest BCUT2D eigenvalue weighted by atomic mass is 79.9. The number of halogens is 2. The summed E-state index contributed by atoms with van der Waals surface area (Å²) < 4.78 is 1.15. The summed E-state index contributed by atoms with van der Waals surface area (Å²) in [5, 5.41) is 8.89. The summed E-state index contributed by atoms with van der Waals surface area (Å²) in [6.45, 7) is 3.04. The molecule has 1 N–H and O–H groups in total. The molecule has 0 aliphatic heterocycles. The molecule has 0 radical (unpaired) electrons. The van der Waals surface area contributed by atoms with Crippen molar-refractivity contribution < 1.29 is 0 Å². The van der Waals surface area contributed by atoms with Gasteiger partial charge >= 0.3 is 0 Å². The maximum Gasteiger partial charge on any atom is 0.0701 e. The van der Waals surface area contributed by atoms with Crippen molar-refractivity contribution in [3.63, 3.8) is 0 Å². The van der Waals surface area contributed by atoms with Crippen LogP contribution in [0.1, 0.15) is 24.1 Å². The topological polar surface area (TPSA) is 12.0 Å². The molecular weight excluding hydrogens is 366 g/mol. The summed E-state index contributed by atoms with van der Waals surface area (Å²) in [6, 6.07) is 14.8. The van der Waals surface area contributed by atoms with E-state index in [0.29, 0.717) is 0 Å². The number of rotatable bonds is 4. The fourth-order valence-corrected chi connectivity index (χ4v) is 4.05. The molecule has 0 fully saturated rings. The van der Waals surface area contributed by atoms with Crippen LogP contribution in [0.3, 0.4) is 0 Å². The van der Waals surface area contributed by atoms with Gasteiger partial charge in [-0.25, -0.2) is 0 Å². The van der Waals surface area contributed by atoms with Crippen LogP contribution in [-0.2, 0) is 0 Å². The largest absolute Gasteiger partial charge is 0.306 e. The smallest absolute Gasteiger partial charge is 0.0701 e. The minimum absolute atomic E-state index is 0.180. The van der Waals surface area contributed by atoms with E-state index in [9.17, 15) is 0 Å². The second-order valence-electron chi connectivity index (χ2n) is 4.86. The Bertz CT molecular complexity index is 768. The quantitative estimate of drug-likeness (QED) is 0.584. The molecule has 0 aliphatic rings. The molecule has 1 atom stereocenters. The number of nitrogens with one attached hydrogen (secondary N) is 1. The molecule has 0 spiro atoms. The van der Waals surface area contributed by atoms with Crippen LogP contribution in [0.15, 0.2) is 51.6 Å². The zero-order valence-electron chi connectivity index (χ0n) is 11.6. The highest BCUT2D eigenvalue weighted by Crippen LogP contribution is 2.35. The molecule has 1 aromatic heterocycles. The van der Waals surface area contributed by atoms with E-state index >= 15 is 0 Å². The number of fused-ring (bicyclic) bond motifs is 1. The van der Waals surface area contributed by atoms with Crippen molar-refractivity contribution in [1.82, 2.24) is 5.32 Å². The fourth-order valence-electron chi connectivity index (χ4n) is 2.62. The SMILES string of the molecule is CCNC(c1csc(Br)c1)c1ccc(Cl)c2ccccc12. The van der Waals surface area contributed by atoms with Gasteiger partial charge in [0.1, 0.15) is 0 Å². The Kier molecular flexibility index (Phi) is 4.65. The van der Waals surface area contributed by atoms with Gasteiger partial charge in [-0.05, 0) is 56.5 Å². The van der Waals surface area contributed by atoms with Crippen LogP contribution in [0.4, 0.5) is 0 Å². The zero-order chi connectivity index (χ0) is 14.8. The average molecular weight is 381 g/mol. The van der Waals surface area contributed by atoms with Crippen molar-refractivity contribution in [2.24, 2.45) is 0 Å². The van der Waals surface area contributed by atoms with Gasteiger partial charge in [-0.3, -0.25) is 0 Å². The van der Waals surface area contributed by atoms with Crippen molar-refractivity contribution in [2.45, 2.75) is 13.0 Å². The fraction of sp³-hybridized carbons (Fsp3) is 0.176. The Morgan fingerprint density at radius 2 is 1.95 bits per heavy atom. The molecule has 0 bridgehead atoms. The molecular formula is C17H15BrClNS. The first-order chi connectivity index (χ1) is 10.2. The molecule has 108 valence electrons. The van der Waals surface area contributed by atoms with Gasteiger partial charge in [0.2, 0.25) is 0 Å². The molecule has 1 heterocycles. The summed E-state index contributed by atoms with van der Waals surface area (Å²) in [4.78, 5) is 0. The predicted molar refractivity (Wildman–Crippen MR) is 96.5 cm³/mol. The molecule has 21 heavy (non-hydrogen) atoms. The van der Waals surface area contributed by atoms with Gasteiger partial charge in [-0.15, -0.1) is 11.3 Å². The number of hydrogen-bond acceptors (Lipinski definition) is 2. The monoisotopic (exact) mass is 379 g/mol. The van der Waals surface area contributed by atoms with E-state index in [1.54, 1.807) is 11.3 Å². The second-order valence-corrected chi connectivity index (χ2v) is 7.55. The molecule has 2 aromatic carbocycles. The van der Waals surface area contributed by atoms with Crippen molar-refractivity contribution in [3.8, 4) is 0 Å². The third kappa shape index (κ3) is 3.02. The maximum absolute atomic E-state index is 6.34. The van der Waals surface area contributed by atoms with Gasteiger partial charge in [0.05, 0.1) is 9.83 Å². The molecule has 0 saturated heterocycles. The minimum Gasteiger partial charge on any atom is -0.306 e. The van der Waals surface area contributed by atoms with E-state index in [0.717, 1.165) is 20.7 Å². The maximum atomic E-state index is 6.34. The molecule has 3 rings (SSSR count). The molecule has 0 saturated carbocycles. The zero-order valence-corrected chi connectivity index (χ0v) is 14.7. The van der Waals surface area contributed by atoms with E-state index in [2.05, 4.69) is 63.9 Å². The first-order valence-corrected chi connectivity index (χ1v) is 8.90. The van der Waals surface area contributed by atoms with E-state index < -0.39 is 0 Å². The summed E-state index contributed by atoms with van der Waals surface area (Å²) in [7, 11) is 0. The average Bonchev–Trinajstić information content (AvgIpc) is 2.92. The molecule has 1 nitrogen and oxygen atoms in total. The summed E-state index contributed by atoms with van der Waals surface area (Å²) in [5.41, 5.74) is 2.54. The van der Waals surface area contributed by atoms with Gasteiger partial charge in [-0.1, -0.05) is 48.9 Å². The molecule has 3 aromatic rings. The van der Waals surface area contributed by atoms with Crippen LogP contribution in [0, 0.1) is 0 Å². The standard InChI is InChI=1S/C17H15BrClNS/c1-2-20-17(11-9-16(18)21-10-11)14-7-8-15(19)13-6-4-3-5-12(13)14/h3-10,17,20H,2H2,1H3. The number of thiophene rings is 1. The third-order valence-corrected chi connectivity index (χ3v) is 5.40. The van der Waals surface area contributed by atoms with Gasteiger partial charge in [0.25, 0.3) is 0 Å². The van der Waals surface area contributed by atoms with Gasteiger partial charge in [-0.2, -0.15) is 0 Å². The van der Waals surface area contributed by atoms with E-state index in [1.165, 1.54) is 16.5 Å². The van der Waals surface area contributed by atoms with E-state index in [4.69, 9.17) is 11.6 Å². The minimum atomic E-state index is 0.180. The van der Waals surface area contributed by atoms with Crippen LogP contribution < -0.4 is 5.32 Å². The summed E-state index contributed by atoms with van der Waals surface area (Å²) in [5.74, 6) is 0. The van der Waals surface area contributed by atoms with Crippen LogP contribution in [0.2, 0.25) is 5.02 Å². The molecule has 1 unspecified atom stereocenters. The Balaban J connectivity index is 2.18. The lowest BCUT2D eigenvalue weighted by Crippen LogP contribution is -2.21. The van der Waals surface area contributed by atoms with Gasteiger partial charge < -0.3 is 5.32 Å². The second kappa shape index (κ2) is 6.49. The Morgan fingerprint density at radius 1 is 1.19 bits per heavy atom. The van der Waals surface area contributed by atoms with Crippen LogP contribution in [0.25, 0.3) is 10.8 Å². The normalized spacial score (nSPS) is 12.7. The Hall–Kier alpha value is -0.870. The highest BCUT2D eigenvalue weighted by Gasteiger charge is 2.17. The van der Waals surface area contributed by atoms with Crippen molar-refractivity contribution >= 4 is 49.6 Å². The summed E-state index contributed by atoms with van der Waals surface area (Å²) >= 11 is 11.6. The lowest BCUT2D eigenvalue weighted by atomic mass is 9.95. The van der Waals surface area contributed by atoms with Crippen molar-refractivity contribution in [2.75, 3.05) is 6.54 Å². The van der Waals surface area contributed by atoms with E-state index in [1.807, 2.05) is 12.1 Å². The van der Waals surface area contributed by atoms with Crippen LogP contribution >= 0.6 is 38.9 Å². The van der Waals surface area contributed by atoms with Gasteiger partial charge in [0.15, 0.2) is 0 Å². The Labute approximate surface area is 142 Å². The third-order valence-electron chi connectivity index (χ3n) is 3.54. The lowest BCUT2D eigenvalue weighted by Gasteiger charge is -2.20. The molecule has 4 heteroatoms. The predicted octanol–water partition coefficient (Wildman–Crippen LogP) is 6.02. The Morgan fingerprint density at radius 3 is 2.62 bits per heavy atom. The van der Waals surface area contributed by atoms with Crippen LogP contribution in [0.5, 0.6) is 0 Å². The first kappa shape index (κ1) is 15.0. The van der Waals surface area contributed by atoms with E-state index in [-0.39, 0.29) is 6.04 Å². The lowest BCUT2D eigenvalue weighted by molar-refractivity contribution is 0.636.